The van der Waals surface area contributed by atoms with Gasteiger partial charge in [-0.25, -0.2) is 0 Å². The van der Waals surface area contributed by atoms with Crippen molar-refractivity contribution in [3.63, 3.8) is 0 Å². The van der Waals surface area contributed by atoms with Gasteiger partial charge in [-0.05, 0) is 42.7 Å². The Labute approximate surface area is 143 Å². The van der Waals surface area contributed by atoms with Gasteiger partial charge >= 0.3 is 0 Å². The number of carbonyl (C=O) groups excluding carboxylic acids is 1. The van der Waals surface area contributed by atoms with Gasteiger partial charge < -0.3 is 5.32 Å². The molecule has 23 heavy (non-hydrogen) atoms. The summed E-state index contributed by atoms with van der Waals surface area (Å²) in [6.07, 6.45) is 1.79. The number of carbonyl (C=O) groups is 1. The summed E-state index contributed by atoms with van der Waals surface area (Å²) >= 11 is 5.98. The second kappa shape index (κ2) is 8.14. The summed E-state index contributed by atoms with van der Waals surface area (Å²) in [5.41, 5.74) is 1.74. The summed E-state index contributed by atoms with van der Waals surface area (Å²) < 4.78 is 0. The lowest BCUT2D eigenvalue weighted by molar-refractivity contribution is -0.115. The van der Waals surface area contributed by atoms with Crippen molar-refractivity contribution in [2.24, 2.45) is 0 Å². The van der Waals surface area contributed by atoms with Crippen molar-refractivity contribution in [1.29, 1.82) is 0 Å². The van der Waals surface area contributed by atoms with E-state index in [0.717, 1.165) is 29.1 Å². The molecule has 0 aromatic heterocycles. The lowest BCUT2D eigenvalue weighted by Crippen LogP contribution is -2.45. The molecule has 122 valence electrons. The SMILES string of the molecule is CCC(CC)(NCC(=O)Nc1ccccc1)c1ccc(Cl)cc1. The summed E-state index contributed by atoms with van der Waals surface area (Å²) in [6, 6.07) is 17.3. The molecular weight excluding hydrogens is 308 g/mol. The van der Waals surface area contributed by atoms with Gasteiger partial charge in [0, 0.05) is 16.2 Å². The Hall–Kier alpha value is -1.84. The molecule has 0 aliphatic carbocycles. The highest BCUT2D eigenvalue weighted by atomic mass is 35.5. The number of halogens is 1. The van der Waals surface area contributed by atoms with Crippen molar-refractivity contribution >= 4 is 23.2 Å². The fourth-order valence-corrected chi connectivity index (χ4v) is 2.88. The molecular formula is C19H23ClN2O. The number of rotatable bonds is 7. The van der Waals surface area contributed by atoms with Crippen molar-refractivity contribution in [3.8, 4) is 0 Å². The Bertz CT molecular complexity index is 622. The molecule has 0 bridgehead atoms. The minimum atomic E-state index is -0.224. The van der Waals surface area contributed by atoms with Crippen LogP contribution >= 0.6 is 11.6 Å². The molecule has 1 amide bonds. The van der Waals surface area contributed by atoms with E-state index >= 15 is 0 Å². The molecule has 0 heterocycles. The van der Waals surface area contributed by atoms with Crippen LogP contribution in [0.3, 0.4) is 0 Å². The van der Waals surface area contributed by atoms with Crippen molar-refractivity contribution in [2.45, 2.75) is 32.2 Å². The van der Waals surface area contributed by atoms with Crippen LogP contribution < -0.4 is 10.6 Å². The average molecular weight is 331 g/mol. The van der Waals surface area contributed by atoms with Crippen molar-refractivity contribution in [3.05, 3.63) is 65.2 Å². The molecule has 0 aliphatic heterocycles. The first-order valence-corrected chi connectivity index (χ1v) is 8.33. The Balaban J connectivity index is 2.04. The number of hydrogen-bond acceptors (Lipinski definition) is 2. The van der Waals surface area contributed by atoms with E-state index in [1.165, 1.54) is 0 Å². The van der Waals surface area contributed by atoms with Crippen molar-refractivity contribution in [2.75, 3.05) is 11.9 Å². The molecule has 4 heteroatoms. The van der Waals surface area contributed by atoms with E-state index in [9.17, 15) is 4.79 Å². The molecule has 0 unspecified atom stereocenters. The first-order valence-electron chi connectivity index (χ1n) is 7.95. The number of amides is 1. The van der Waals surface area contributed by atoms with Gasteiger partial charge in [0.15, 0.2) is 0 Å². The van der Waals surface area contributed by atoms with E-state index in [-0.39, 0.29) is 18.0 Å². The maximum atomic E-state index is 12.2. The minimum Gasteiger partial charge on any atom is -0.325 e. The summed E-state index contributed by atoms with van der Waals surface area (Å²) in [5.74, 6) is -0.0450. The number of nitrogens with one attached hydrogen (secondary N) is 2. The standard InChI is InChI=1S/C19H23ClN2O/c1-3-19(4-2,15-10-12-16(20)13-11-15)21-14-18(23)22-17-8-6-5-7-9-17/h5-13,21H,3-4,14H2,1-2H3,(H,22,23). The molecule has 0 atom stereocenters. The first-order chi connectivity index (χ1) is 11.1. The van der Waals surface area contributed by atoms with E-state index in [4.69, 9.17) is 11.6 Å². The third-order valence-corrected chi connectivity index (χ3v) is 4.50. The van der Waals surface area contributed by atoms with Crippen LogP contribution in [-0.4, -0.2) is 12.5 Å². The van der Waals surface area contributed by atoms with Crippen LogP contribution in [0.25, 0.3) is 0 Å². The van der Waals surface area contributed by atoms with Crippen LogP contribution in [0.5, 0.6) is 0 Å². The van der Waals surface area contributed by atoms with E-state index in [1.807, 2.05) is 54.6 Å². The van der Waals surface area contributed by atoms with Gasteiger partial charge in [-0.2, -0.15) is 0 Å². The lowest BCUT2D eigenvalue weighted by Gasteiger charge is -2.33. The Kier molecular flexibility index (Phi) is 6.20. The second-order valence-electron chi connectivity index (χ2n) is 5.56. The van der Waals surface area contributed by atoms with Gasteiger partial charge in [-0.15, -0.1) is 0 Å². The van der Waals surface area contributed by atoms with E-state index in [0.29, 0.717) is 0 Å². The van der Waals surface area contributed by atoms with Gasteiger partial charge in [0.25, 0.3) is 0 Å². The van der Waals surface area contributed by atoms with Crippen LogP contribution in [0.1, 0.15) is 32.3 Å². The van der Waals surface area contributed by atoms with Gasteiger partial charge in [0.2, 0.25) is 5.91 Å². The van der Waals surface area contributed by atoms with Crippen LogP contribution in [0.2, 0.25) is 5.02 Å². The van der Waals surface area contributed by atoms with Crippen LogP contribution in [0, 0.1) is 0 Å². The lowest BCUT2D eigenvalue weighted by atomic mass is 9.84. The fraction of sp³-hybridized carbons (Fsp3) is 0.316. The van der Waals surface area contributed by atoms with Crippen molar-refractivity contribution < 1.29 is 4.79 Å². The van der Waals surface area contributed by atoms with Gasteiger partial charge in [0.05, 0.1) is 6.54 Å². The monoisotopic (exact) mass is 330 g/mol. The largest absolute Gasteiger partial charge is 0.325 e. The number of para-hydroxylation sites is 1. The predicted molar refractivity (Wildman–Crippen MR) is 96.8 cm³/mol. The van der Waals surface area contributed by atoms with Crippen LogP contribution in [0.4, 0.5) is 5.69 Å². The summed E-state index contributed by atoms with van der Waals surface area (Å²) in [6.45, 7) is 4.51. The predicted octanol–water partition coefficient (Wildman–Crippen LogP) is 4.58. The van der Waals surface area contributed by atoms with E-state index in [2.05, 4.69) is 24.5 Å². The van der Waals surface area contributed by atoms with Gasteiger partial charge in [0.1, 0.15) is 0 Å². The van der Waals surface area contributed by atoms with Gasteiger partial charge in [-0.3, -0.25) is 10.1 Å². The van der Waals surface area contributed by atoms with Crippen LogP contribution in [0.15, 0.2) is 54.6 Å². The zero-order valence-electron chi connectivity index (χ0n) is 13.6. The van der Waals surface area contributed by atoms with Crippen molar-refractivity contribution in [1.82, 2.24) is 5.32 Å². The molecule has 0 fully saturated rings. The first kappa shape index (κ1) is 17.5. The molecule has 2 aromatic rings. The Morgan fingerprint density at radius 1 is 1.00 bits per heavy atom. The highest BCUT2D eigenvalue weighted by Gasteiger charge is 2.28. The maximum Gasteiger partial charge on any atom is 0.238 e. The molecule has 0 saturated heterocycles. The summed E-state index contributed by atoms with van der Waals surface area (Å²) in [5, 5.41) is 7.05. The topological polar surface area (TPSA) is 41.1 Å². The zero-order chi connectivity index (χ0) is 16.7. The third-order valence-electron chi connectivity index (χ3n) is 4.25. The third kappa shape index (κ3) is 4.57. The Morgan fingerprint density at radius 3 is 2.17 bits per heavy atom. The molecule has 2 aromatic carbocycles. The fourth-order valence-electron chi connectivity index (χ4n) is 2.76. The highest BCUT2D eigenvalue weighted by molar-refractivity contribution is 6.30. The summed E-state index contributed by atoms with van der Waals surface area (Å²) in [4.78, 5) is 12.2. The molecule has 0 radical (unpaired) electrons. The van der Waals surface area contributed by atoms with Crippen LogP contribution in [-0.2, 0) is 10.3 Å². The highest BCUT2D eigenvalue weighted by Crippen LogP contribution is 2.29. The minimum absolute atomic E-state index is 0.0450. The van der Waals surface area contributed by atoms with Gasteiger partial charge in [-0.1, -0.05) is 55.8 Å². The number of hydrogen-bond donors (Lipinski definition) is 2. The molecule has 2 N–H and O–H groups in total. The van der Waals surface area contributed by atoms with E-state index < -0.39 is 0 Å². The quantitative estimate of drug-likeness (QED) is 0.780. The normalized spacial score (nSPS) is 11.3. The smallest absolute Gasteiger partial charge is 0.238 e. The maximum absolute atomic E-state index is 12.2. The Morgan fingerprint density at radius 2 is 1.61 bits per heavy atom. The number of benzene rings is 2. The van der Waals surface area contributed by atoms with E-state index in [1.54, 1.807) is 0 Å². The zero-order valence-corrected chi connectivity index (χ0v) is 14.4. The molecule has 2 rings (SSSR count). The second-order valence-corrected chi connectivity index (χ2v) is 6.00. The molecule has 0 saturated carbocycles. The molecule has 3 nitrogen and oxygen atoms in total. The average Bonchev–Trinajstić information content (AvgIpc) is 2.58. The molecule has 0 aliphatic rings. The molecule has 0 spiro atoms. The summed E-state index contributed by atoms with van der Waals surface area (Å²) in [7, 11) is 0. The number of anilines is 1.